The van der Waals surface area contributed by atoms with Crippen molar-refractivity contribution in [2.24, 2.45) is 5.73 Å². The van der Waals surface area contributed by atoms with Gasteiger partial charge >= 0.3 is 0 Å². The molecule has 0 fully saturated rings. The average molecular weight is 502 g/mol. The molecule has 9 heteroatoms. The first kappa shape index (κ1) is 23.2. The lowest BCUT2D eigenvalue weighted by atomic mass is 9.83. The van der Waals surface area contributed by atoms with Crippen LogP contribution in [0.2, 0.25) is 5.02 Å². The molecule has 3 aromatic rings. The van der Waals surface area contributed by atoms with Crippen LogP contribution in [0, 0.1) is 22.7 Å². The van der Waals surface area contributed by atoms with E-state index >= 15 is 0 Å². The number of nitriles is 2. The molecule has 0 saturated carbocycles. The van der Waals surface area contributed by atoms with E-state index in [4.69, 9.17) is 41.0 Å². The van der Waals surface area contributed by atoms with E-state index in [1.165, 1.54) is 0 Å². The summed E-state index contributed by atoms with van der Waals surface area (Å²) in [5.41, 5.74) is 8.94. The molecule has 5 rings (SSSR count). The molecule has 0 unspecified atom stereocenters. The summed E-state index contributed by atoms with van der Waals surface area (Å²) in [5, 5.41) is 19.6. The number of nitrogens with zero attached hydrogens (tertiary/aromatic N) is 2. The van der Waals surface area contributed by atoms with Gasteiger partial charge < -0.3 is 29.4 Å². The van der Waals surface area contributed by atoms with Gasteiger partial charge in [0, 0.05) is 17.2 Å². The largest absolute Gasteiger partial charge is 0.490 e. The normalized spacial score (nSPS) is 15.4. The Bertz CT molecular complexity index is 1470. The molecule has 2 N–H and O–H groups in total. The van der Waals surface area contributed by atoms with E-state index in [0.717, 1.165) is 5.56 Å². The highest BCUT2D eigenvalue weighted by Gasteiger charge is 2.34. The van der Waals surface area contributed by atoms with Gasteiger partial charge in [-0.05, 0) is 36.8 Å². The van der Waals surface area contributed by atoms with E-state index in [-0.39, 0.29) is 29.9 Å². The highest BCUT2D eigenvalue weighted by atomic mass is 35.5. The third-order valence-electron chi connectivity index (χ3n) is 5.89. The Balaban J connectivity index is 1.57. The maximum absolute atomic E-state index is 9.93. The molecule has 0 radical (unpaired) electrons. The zero-order chi connectivity index (χ0) is 25.2. The molecule has 3 aromatic carbocycles. The van der Waals surface area contributed by atoms with E-state index in [1.54, 1.807) is 36.4 Å². The molecule has 0 bridgehead atoms. The summed E-state index contributed by atoms with van der Waals surface area (Å²) < 4.78 is 28.6. The number of allylic oxidation sites excluding steroid dienone is 1. The number of halogens is 1. The number of benzene rings is 3. The second-order valence-corrected chi connectivity index (χ2v) is 8.40. The molecule has 0 spiro atoms. The van der Waals surface area contributed by atoms with Crippen LogP contribution in [0.25, 0.3) is 0 Å². The second kappa shape index (κ2) is 9.61. The summed E-state index contributed by atoms with van der Waals surface area (Å²) >= 11 is 6.70. The van der Waals surface area contributed by atoms with Gasteiger partial charge in [0.05, 0.1) is 29.2 Å². The minimum Gasteiger partial charge on any atom is -0.490 e. The van der Waals surface area contributed by atoms with Crippen LogP contribution in [-0.4, -0.2) is 13.4 Å². The first-order valence-corrected chi connectivity index (χ1v) is 11.5. The van der Waals surface area contributed by atoms with Crippen molar-refractivity contribution < 1.29 is 23.7 Å². The van der Waals surface area contributed by atoms with Gasteiger partial charge in [-0.15, -0.1) is 0 Å². The first-order valence-electron chi connectivity index (χ1n) is 11.1. The Hall–Kier alpha value is -4.53. The molecule has 180 valence electrons. The van der Waals surface area contributed by atoms with Gasteiger partial charge in [0.15, 0.2) is 23.0 Å². The van der Waals surface area contributed by atoms with E-state index in [0.29, 0.717) is 52.0 Å². The van der Waals surface area contributed by atoms with Crippen molar-refractivity contribution in [1.82, 2.24) is 0 Å². The maximum Gasteiger partial charge on any atom is 0.231 e. The molecular formula is C27H20ClN3O5. The highest BCUT2D eigenvalue weighted by molar-refractivity contribution is 6.32. The number of nitrogens with two attached hydrogens (primary N) is 1. The van der Waals surface area contributed by atoms with Gasteiger partial charge in [-0.25, -0.2) is 0 Å². The Kier molecular flexibility index (Phi) is 6.20. The predicted molar refractivity (Wildman–Crippen MR) is 130 cm³/mol. The smallest absolute Gasteiger partial charge is 0.231 e. The summed E-state index contributed by atoms with van der Waals surface area (Å²) in [5.74, 6) is 1.70. The van der Waals surface area contributed by atoms with E-state index < -0.39 is 5.92 Å². The number of hydrogen-bond donors (Lipinski definition) is 1. The Labute approximate surface area is 212 Å². The molecule has 36 heavy (non-hydrogen) atoms. The average Bonchev–Trinajstić information content (AvgIpc) is 3.33. The van der Waals surface area contributed by atoms with Crippen molar-refractivity contribution in [3.8, 4) is 40.9 Å². The molecule has 0 amide bonds. The van der Waals surface area contributed by atoms with Crippen LogP contribution >= 0.6 is 11.6 Å². The molecule has 2 aliphatic heterocycles. The third kappa shape index (κ3) is 4.08. The lowest BCUT2D eigenvalue weighted by molar-refractivity contribution is 0.174. The van der Waals surface area contributed by atoms with Crippen molar-refractivity contribution >= 4 is 11.6 Å². The van der Waals surface area contributed by atoms with Gasteiger partial charge in [-0.1, -0.05) is 29.8 Å². The Morgan fingerprint density at radius 3 is 2.56 bits per heavy atom. The van der Waals surface area contributed by atoms with Gasteiger partial charge in [-0.3, -0.25) is 0 Å². The lowest BCUT2D eigenvalue weighted by Crippen LogP contribution is -2.21. The van der Waals surface area contributed by atoms with Crippen LogP contribution in [-0.2, 0) is 6.61 Å². The third-order valence-corrected chi connectivity index (χ3v) is 6.17. The van der Waals surface area contributed by atoms with Crippen molar-refractivity contribution in [3.05, 3.63) is 87.3 Å². The fourth-order valence-electron chi connectivity index (χ4n) is 4.25. The van der Waals surface area contributed by atoms with Crippen molar-refractivity contribution in [1.29, 1.82) is 10.5 Å². The predicted octanol–water partition coefficient (Wildman–Crippen LogP) is 5.14. The molecule has 0 aliphatic carbocycles. The Morgan fingerprint density at radius 2 is 1.81 bits per heavy atom. The van der Waals surface area contributed by atoms with Crippen LogP contribution in [0.15, 0.2) is 60.0 Å². The molecule has 2 aliphatic rings. The zero-order valence-corrected chi connectivity index (χ0v) is 20.0. The standard InChI is InChI=1S/C27H20ClN3O5/c1-2-32-24-8-17(7-20(28)26(24)33-13-16-6-4-3-5-15(16)11-29)25-18-9-22-23(35-14-34-22)10-21(18)36-27(31)19(25)12-30/h3-10,25H,2,13-14,31H2,1H3/t25-/m0/s1. The first-order chi connectivity index (χ1) is 17.5. The van der Waals surface area contributed by atoms with Crippen LogP contribution in [0.4, 0.5) is 0 Å². The number of rotatable bonds is 6. The quantitative estimate of drug-likeness (QED) is 0.493. The highest BCUT2D eigenvalue weighted by Crippen LogP contribution is 2.50. The molecule has 0 saturated heterocycles. The van der Waals surface area contributed by atoms with E-state index in [1.807, 2.05) is 19.1 Å². The van der Waals surface area contributed by atoms with Crippen molar-refractivity contribution in [2.45, 2.75) is 19.4 Å². The molecule has 8 nitrogen and oxygen atoms in total. The zero-order valence-electron chi connectivity index (χ0n) is 19.2. The van der Waals surface area contributed by atoms with Gasteiger partial charge in [-0.2, -0.15) is 10.5 Å². The molecule has 2 heterocycles. The minimum absolute atomic E-state index is 0.00335. The maximum atomic E-state index is 9.93. The number of fused-ring (bicyclic) bond motifs is 2. The minimum atomic E-state index is -0.585. The van der Waals surface area contributed by atoms with Gasteiger partial charge in [0.2, 0.25) is 12.7 Å². The molecule has 1 atom stereocenters. The van der Waals surface area contributed by atoms with Crippen LogP contribution < -0.4 is 29.4 Å². The number of hydrogen-bond acceptors (Lipinski definition) is 8. The monoisotopic (exact) mass is 501 g/mol. The Morgan fingerprint density at radius 1 is 1.03 bits per heavy atom. The topological polar surface area (TPSA) is 120 Å². The van der Waals surface area contributed by atoms with E-state index in [9.17, 15) is 10.5 Å². The fourth-order valence-corrected chi connectivity index (χ4v) is 4.53. The van der Waals surface area contributed by atoms with Crippen molar-refractivity contribution in [3.63, 3.8) is 0 Å². The SMILES string of the molecule is CCOc1cc([C@@H]2C(C#N)=C(N)Oc3cc4c(cc32)OCO4)cc(Cl)c1OCc1ccccc1C#N. The molecule has 0 aromatic heterocycles. The van der Waals surface area contributed by atoms with E-state index in [2.05, 4.69) is 12.1 Å². The fraction of sp³-hybridized carbons (Fsp3) is 0.185. The summed E-state index contributed by atoms with van der Waals surface area (Å²) in [6, 6.07) is 18.5. The summed E-state index contributed by atoms with van der Waals surface area (Å²) in [4.78, 5) is 0. The summed E-state index contributed by atoms with van der Waals surface area (Å²) in [7, 11) is 0. The summed E-state index contributed by atoms with van der Waals surface area (Å²) in [6.45, 7) is 2.43. The van der Waals surface area contributed by atoms with Gasteiger partial charge in [0.25, 0.3) is 0 Å². The summed E-state index contributed by atoms with van der Waals surface area (Å²) in [6.07, 6.45) is 0. The second-order valence-electron chi connectivity index (χ2n) is 7.99. The molecular weight excluding hydrogens is 482 g/mol. The van der Waals surface area contributed by atoms with Crippen LogP contribution in [0.3, 0.4) is 0 Å². The van der Waals surface area contributed by atoms with Crippen molar-refractivity contribution in [2.75, 3.05) is 13.4 Å². The number of ether oxygens (including phenoxy) is 5. The van der Waals surface area contributed by atoms with Gasteiger partial charge in [0.1, 0.15) is 24.0 Å². The lowest BCUT2D eigenvalue weighted by Gasteiger charge is -2.27. The van der Waals surface area contributed by atoms with Crippen LogP contribution in [0.1, 0.15) is 35.1 Å². The van der Waals surface area contributed by atoms with Crippen LogP contribution in [0.5, 0.6) is 28.7 Å².